The lowest BCUT2D eigenvalue weighted by molar-refractivity contribution is 0.482. The average molecular weight is 206 g/mol. The van der Waals surface area contributed by atoms with E-state index in [-0.39, 0.29) is 11.7 Å². The van der Waals surface area contributed by atoms with Crippen LogP contribution in [0.4, 0.5) is 0 Å². The number of sulfonamides is 1. The van der Waals surface area contributed by atoms with Gasteiger partial charge in [-0.3, -0.25) is 0 Å². The molecule has 2 N–H and O–H groups in total. The molecule has 0 aromatic carbocycles. The Kier molecular flexibility index (Phi) is 3.70. The minimum absolute atomic E-state index is 0.259. The van der Waals surface area contributed by atoms with Gasteiger partial charge in [-0.25, -0.2) is 13.1 Å². The van der Waals surface area contributed by atoms with Crippen molar-refractivity contribution < 1.29 is 8.42 Å². The predicted octanol–water partition coefficient (Wildman–Crippen LogP) is -0.219. The molecule has 0 bridgehead atoms. The molecule has 1 rings (SSSR count). The third kappa shape index (κ3) is 3.25. The minimum atomic E-state index is -3.04. The van der Waals surface area contributed by atoms with Gasteiger partial charge in [0.2, 0.25) is 10.0 Å². The maximum Gasteiger partial charge on any atom is 0.211 e. The summed E-state index contributed by atoms with van der Waals surface area (Å²) in [5.41, 5.74) is 0. The molecule has 0 saturated carbocycles. The second kappa shape index (κ2) is 4.39. The van der Waals surface area contributed by atoms with Gasteiger partial charge >= 0.3 is 0 Å². The predicted molar refractivity (Wildman–Crippen MR) is 53.0 cm³/mol. The van der Waals surface area contributed by atoms with Gasteiger partial charge in [0.25, 0.3) is 0 Å². The summed E-state index contributed by atoms with van der Waals surface area (Å²) >= 11 is 0. The van der Waals surface area contributed by atoms with Crippen molar-refractivity contribution in [2.24, 2.45) is 11.8 Å². The monoisotopic (exact) mass is 206 g/mol. The maximum absolute atomic E-state index is 11.4. The first-order valence-corrected chi connectivity index (χ1v) is 6.38. The van der Waals surface area contributed by atoms with E-state index in [2.05, 4.69) is 17.0 Å². The third-order valence-electron chi connectivity index (χ3n) is 2.48. The standard InChI is InChI=1S/C8H18N2O2S/c1-3-10-13(11,12)6-8-5-9-4-7(8)2/h7-10H,3-6H2,1-2H3/t7-,8+/m1/s1. The maximum atomic E-state index is 11.4. The molecule has 0 spiro atoms. The molecule has 13 heavy (non-hydrogen) atoms. The smallest absolute Gasteiger partial charge is 0.211 e. The molecule has 1 aliphatic rings. The topological polar surface area (TPSA) is 58.2 Å². The van der Waals surface area contributed by atoms with E-state index in [9.17, 15) is 8.42 Å². The fourth-order valence-electron chi connectivity index (χ4n) is 1.65. The van der Waals surface area contributed by atoms with Crippen molar-refractivity contribution in [3.63, 3.8) is 0 Å². The second-order valence-electron chi connectivity index (χ2n) is 3.67. The van der Waals surface area contributed by atoms with Gasteiger partial charge in [0.1, 0.15) is 0 Å². The van der Waals surface area contributed by atoms with Crippen LogP contribution in [-0.4, -0.2) is 33.8 Å². The number of hydrogen-bond donors (Lipinski definition) is 2. The van der Waals surface area contributed by atoms with Gasteiger partial charge in [-0.2, -0.15) is 0 Å². The van der Waals surface area contributed by atoms with Crippen LogP contribution in [0, 0.1) is 11.8 Å². The summed E-state index contributed by atoms with van der Waals surface area (Å²) in [6, 6.07) is 0. The molecule has 0 aromatic rings. The van der Waals surface area contributed by atoms with Gasteiger partial charge in [0, 0.05) is 6.54 Å². The van der Waals surface area contributed by atoms with E-state index in [0.29, 0.717) is 12.5 Å². The number of hydrogen-bond acceptors (Lipinski definition) is 3. The Morgan fingerprint density at radius 2 is 2.15 bits per heavy atom. The molecule has 2 atom stereocenters. The molecule has 1 aliphatic heterocycles. The van der Waals surface area contributed by atoms with Crippen LogP contribution in [0.5, 0.6) is 0 Å². The normalized spacial score (nSPS) is 29.4. The van der Waals surface area contributed by atoms with Gasteiger partial charge < -0.3 is 5.32 Å². The van der Waals surface area contributed by atoms with Gasteiger partial charge in [0.05, 0.1) is 5.75 Å². The lowest BCUT2D eigenvalue weighted by atomic mass is 10.0. The van der Waals surface area contributed by atoms with E-state index < -0.39 is 10.0 Å². The van der Waals surface area contributed by atoms with Gasteiger partial charge in [-0.15, -0.1) is 0 Å². The Balaban J connectivity index is 2.47. The summed E-state index contributed by atoms with van der Waals surface area (Å²) in [6.45, 7) is 6.13. The highest BCUT2D eigenvalue weighted by Gasteiger charge is 2.27. The van der Waals surface area contributed by atoms with Crippen molar-refractivity contribution >= 4 is 10.0 Å². The Hall–Kier alpha value is -0.130. The fourth-order valence-corrected chi connectivity index (χ4v) is 3.22. The molecular formula is C8H18N2O2S. The summed E-state index contributed by atoms with van der Waals surface area (Å²) in [5, 5.41) is 3.19. The van der Waals surface area contributed by atoms with Crippen LogP contribution in [0.2, 0.25) is 0 Å². The number of nitrogens with one attached hydrogen (secondary N) is 2. The van der Waals surface area contributed by atoms with Crippen LogP contribution in [0.1, 0.15) is 13.8 Å². The molecule has 5 heteroatoms. The molecular weight excluding hydrogens is 188 g/mol. The van der Waals surface area contributed by atoms with E-state index in [1.165, 1.54) is 0 Å². The lowest BCUT2D eigenvalue weighted by Gasteiger charge is -2.13. The highest BCUT2D eigenvalue weighted by molar-refractivity contribution is 7.89. The van der Waals surface area contributed by atoms with Crippen LogP contribution in [0.3, 0.4) is 0 Å². The average Bonchev–Trinajstić information content (AvgIpc) is 2.35. The van der Waals surface area contributed by atoms with E-state index >= 15 is 0 Å². The Labute approximate surface area is 80.1 Å². The van der Waals surface area contributed by atoms with Crippen LogP contribution in [0.15, 0.2) is 0 Å². The van der Waals surface area contributed by atoms with Crippen molar-refractivity contribution in [3.05, 3.63) is 0 Å². The van der Waals surface area contributed by atoms with Crippen molar-refractivity contribution in [2.75, 3.05) is 25.4 Å². The van der Waals surface area contributed by atoms with Crippen molar-refractivity contribution in [2.45, 2.75) is 13.8 Å². The van der Waals surface area contributed by atoms with Gasteiger partial charge in [-0.1, -0.05) is 13.8 Å². The van der Waals surface area contributed by atoms with E-state index in [1.54, 1.807) is 6.92 Å². The Morgan fingerprint density at radius 1 is 1.46 bits per heavy atom. The molecule has 1 saturated heterocycles. The Morgan fingerprint density at radius 3 is 2.62 bits per heavy atom. The summed E-state index contributed by atoms with van der Waals surface area (Å²) in [7, 11) is -3.04. The van der Waals surface area contributed by atoms with E-state index in [4.69, 9.17) is 0 Å². The highest BCUT2D eigenvalue weighted by Crippen LogP contribution is 2.17. The summed E-state index contributed by atoms with van der Waals surface area (Å²) in [4.78, 5) is 0. The van der Waals surface area contributed by atoms with Crippen LogP contribution in [0.25, 0.3) is 0 Å². The van der Waals surface area contributed by atoms with E-state index in [0.717, 1.165) is 13.1 Å². The van der Waals surface area contributed by atoms with Crippen molar-refractivity contribution in [1.82, 2.24) is 10.0 Å². The zero-order chi connectivity index (χ0) is 9.90. The largest absolute Gasteiger partial charge is 0.316 e. The molecule has 78 valence electrons. The first kappa shape index (κ1) is 10.9. The second-order valence-corrected chi connectivity index (χ2v) is 5.53. The summed E-state index contributed by atoms with van der Waals surface area (Å²) < 4.78 is 25.3. The van der Waals surface area contributed by atoms with Crippen LogP contribution < -0.4 is 10.0 Å². The van der Waals surface area contributed by atoms with Crippen molar-refractivity contribution in [3.8, 4) is 0 Å². The number of rotatable bonds is 4. The zero-order valence-electron chi connectivity index (χ0n) is 8.21. The third-order valence-corrected chi connectivity index (χ3v) is 4.07. The molecule has 0 unspecified atom stereocenters. The fraction of sp³-hybridized carbons (Fsp3) is 1.00. The summed E-state index contributed by atoms with van der Waals surface area (Å²) in [5.74, 6) is 0.993. The van der Waals surface area contributed by atoms with Gasteiger partial charge in [0.15, 0.2) is 0 Å². The molecule has 0 aliphatic carbocycles. The zero-order valence-corrected chi connectivity index (χ0v) is 9.02. The molecule has 4 nitrogen and oxygen atoms in total. The lowest BCUT2D eigenvalue weighted by Crippen LogP contribution is -2.31. The molecule has 0 amide bonds. The first-order valence-electron chi connectivity index (χ1n) is 4.73. The van der Waals surface area contributed by atoms with Crippen molar-refractivity contribution in [1.29, 1.82) is 0 Å². The first-order chi connectivity index (χ1) is 6.05. The quantitative estimate of drug-likeness (QED) is 0.668. The SMILES string of the molecule is CCNS(=O)(=O)C[C@@H]1CNC[C@H]1C. The molecule has 1 fully saturated rings. The van der Waals surface area contributed by atoms with E-state index in [1.807, 2.05) is 0 Å². The molecule has 1 heterocycles. The van der Waals surface area contributed by atoms with Crippen LogP contribution >= 0.6 is 0 Å². The Bertz CT molecular complexity index is 251. The summed E-state index contributed by atoms with van der Waals surface area (Å²) in [6.07, 6.45) is 0. The molecule has 0 aromatic heterocycles. The molecule has 0 radical (unpaired) electrons. The minimum Gasteiger partial charge on any atom is -0.316 e. The van der Waals surface area contributed by atoms with Gasteiger partial charge in [-0.05, 0) is 24.9 Å². The highest BCUT2D eigenvalue weighted by atomic mass is 32.2. The van der Waals surface area contributed by atoms with Crippen LogP contribution in [-0.2, 0) is 10.0 Å².